The molecule has 0 bridgehead atoms. The molecule has 0 atom stereocenters. The zero-order chi connectivity index (χ0) is 14.6. The summed E-state index contributed by atoms with van der Waals surface area (Å²) in [5.74, 6) is 0. The number of para-hydroxylation sites is 1. The van der Waals surface area contributed by atoms with Gasteiger partial charge < -0.3 is 0 Å². The quantitative estimate of drug-likeness (QED) is 0.806. The van der Waals surface area contributed by atoms with Crippen LogP contribution in [0.5, 0.6) is 0 Å². The molecule has 0 amide bonds. The number of hydrogen-bond acceptors (Lipinski definition) is 2. The third kappa shape index (κ3) is 2.82. The van der Waals surface area contributed by atoms with Crippen LogP contribution < -0.4 is 4.31 Å². The van der Waals surface area contributed by atoms with Crippen LogP contribution in [0.3, 0.4) is 0 Å². The van der Waals surface area contributed by atoms with Crippen LogP contribution >= 0.6 is 0 Å². The average molecular weight is 285 g/mol. The molecule has 0 N–H and O–H groups in total. The highest BCUT2D eigenvalue weighted by Crippen LogP contribution is 2.23. The van der Waals surface area contributed by atoms with Gasteiger partial charge in [-0.25, -0.2) is 12.7 Å². The molecule has 0 aliphatic heterocycles. The van der Waals surface area contributed by atoms with Gasteiger partial charge in [0.15, 0.2) is 0 Å². The van der Waals surface area contributed by atoms with Crippen molar-refractivity contribution >= 4 is 15.7 Å². The lowest BCUT2D eigenvalue weighted by atomic mass is 10.2. The van der Waals surface area contributed by atoms with E-state index in [9.17, 15) is 8.42 Å². The molecule has 0 saturated heterocycles. The second kappa shape index (κ2) is 5.78. The largest absolute Gasteiger partial charge is 0.268 e. The minimum absolute atomic E-state index is 0.235. The Morgan fingerprint density at radius 2 is 1.65 bits per heavy atom. The van der Waals surface area contributed by atoms with Gasteiger partial charge in [-0.15, -0.1) is 5.73 Å². The molecule has 0 saturated carbocycles. The van der Waals surface area contributed by atoms with Crippen LogP contribution in [-0.2, 0) is 10.0 Å². The number of rotatable bonds is 4. The molecule has 0 radical (unpaired) electrons. The molecule has 3 nitrogen and oxygen atoms in total. The normalized spacial score (nSPS) is 10.7. The van der Waals surface area contributed by atoms with Crippen LogP contribution in [0, 0.1) is 6.92 Å². The zero-order valence-corrected chi connectivity index (χ0v) is 12.0. The van der Waals surface area contributed by atoms with Gasteiger partial charge in [-0.2, -0.15) is 0 Å². The Hall–Kier alpha value is -2.29. The molecule has 2 aromatic carbocycles. The van der Waals surface area contributed by atoms with Crippen LogP contribution in [0.4, 0.5) is 5.69 Å². The van der Waals surface area contributed by atoms with Gasteiger partial charge >= 0.3 is 0 Å². The van der Waals surface area contributed by atoms with Crippen molar-refractivity contribution in [2.24, 2.45) is 0 Å². The number of hydrogen-bond donors (Lipinski definition) is 0. The standard InChI is InChI=1S/C16H15NO2S/c1-3-13-17(15-7-5-4-6-8-15)20(18,19)16-11-9-14(2)10-12-16/h4-13H,1H2,2H3. The SMILES string of the molecule is C=C=CN(c1ccccc1)S(=O)(=O)c1ccc(C)cc1. The minimum Gasteiger partial charge on any atom is -0.234 e. The van der Waals surface area contributed by atoms with Gasteiger partial charge in [-0.1, -0.05) is 42.5 Å². The summed E-state index contributed by atoms with van der Waals surface area (Å²) in [5, 5.41) is 0. The number of benzene rings is 2. The minimum atomic E-state index is -3.66. The first-order valence-corrected chi connectivity index (χ1v) is 7.52. The first kappa shape index (κ1) is 14.1. The number of aryl methyl sites for hydroxylation is 1. The molecule has 0 aliphatic carbocycles. The molecule has 2 aromatic rings. The fraction of sp³-hybridized carbons (Fsp3) is 0.0625. The van der Waals surface area contributed by atoms with Crippen molar-refractivity contribution < 1.29 is 8.42 Å². The fourth-order valence-corrected chi connectivity index (χ4v) is 3.08. The van der Waals surface area contributed by atoms with Crippen molar-refractivity contribution in [3.8, 4) is 0 Å². The van der Waals surface area contributed by atoms with E-state index >= 15 is 0 Å². The lowest BCUT2D eigenvalue weighted by Gasteiger charge is -2.19. The molecular weight excluding hydrogens is 270 g/mol. The van der Waals surface area contributed by atoms with Crippen LogP contribution in [-0.4, -0.2) is 8.42 Å². The molecule has 0 heterocycles. The Labute approximate surface area is 119 Å². The summed E-state index contributed by atoms with van der Waals surface area (Å²) in [6, 6.07) is 15.6. The topological polar surface area (TPSA) is 37.4 Å². The summed E-state index contributed by atoms with van der Waals surface area (Å²) >= 11 is 0. The summed E-state index contributed by atoms with van der Waals surface area (Å²) in [6.07, 6.45) is 1.32. The van der Waals surface area contributed by atoms with E-state index in [-0.39, 0.29) is 4.90 Å². The average Bonchev–Trinajstić information content (AvgIpc) is 2.46. The first-order valence-electron chi connectivity index (χ1n) is 6.08. The predicted molar refractivity (Wildman–Crippen MR) is 81.0 cm³/mol. The van der Waals surface area contributed by atoms with E-state index in [0.717, 1.165) is 5.56 Å². The van der Waals surface area contributed by atoms with Gasteiger partial charge in [0.2, 0.25) is 0 Å². The monoisotopic (exact) mass is 285 g/mol. The molecule has 0 aromatic heterocycles. The summed E-state index contributed by atoms with van der Waals surface area (Å²) < 4.78 is 26.5. The highest BCUT2D eigenvalue weighted by atomic mass is 32.2. The maximum Gasteiger partial charge on any atom is 0.268 e. The van der Waals surface area contributed by atoms with E-state index in [1.54, 1.807) is 48.5 Å². The van der Waals surface area contributed by atoms with Gasteiger partial charge in [0.25, 0.3) is 10.0 Å². The van der Waals surface area contributed by atoms with E-state index in [0.29, 0.717) is 5.69 Å². The molecule has 4 heteroatoms. The molecular formula is C16H15NO2S. The third-order valence-electron chi connectivity index (χ3n) is 2.80. The Kier molecular flexibility index (Phi) is 4.08. The predicted octanol–water partition coefficient (Wildman–Crippen LogP) is 3.49. The van der Waals surface area contributed by atoms with Gasteiger partial charge in [0, 0.05) is 0 Å². The van der Waals surface area contributed by atoms with E-state index < -0.39 is 10.0 Å². The molecule has 2 rings (SSSR count). The highest BCUT2D eigenvalue weighted by molar-refractivity contribution is 7.93. The van der Waals surface area contributed by atoms with Gasteiger partial charge in [0.05, 0.1) is 16.8 Å². The number of anilines is 1. The summed E-state index contributed by atoms with van der Waals surface area (Å²) in [7, 11) is -3.66. The number of nitrogens with zero attached hydrogens (tertiary/aromatic N) is 1. The Balaban J connectivity index is 2.54. The van der Waals surface area contributed by atoms with Crippen molar-refractivity contribution in [3.63, 3.8) is 0 Å². The smallest absolute Gasteiger partial charge is 0.234 e. The molecule has 0 spiro atoms. The molecule has 0 unspecified atom stereocenters. The summed E-state index contributed by atoms with van der Waals surface area (Å²) in [6.45, 7) is 5.37. The maximum absolute atomic E-state index is 12.7. The van der Waals surface area contributed by atoms with Crippen molar-refractivity contribution in [2.75, 3.05) is 4.31 Å². The lowest BCUT2D eigenvalue weighted by molar-refractivity contribution is 0.596. The molecule has 102 valence electrons. The second-order valence-electron chi connectivity index (χ2n) is 4.28. The lowest BCUT2D eigenvalue weighted by Crippen LogP contribution is -2.25. The van der Waals surface area contributed by atoms with E-state index in [2.05, 4.69) is 12.3 Å². The number of sulfonamides is 1. The van der Waals surface area contributed by atoms with Crippen LogP contribution in [0.1, 0.15) is 5.56 Å². The van der Waals surface area contributed by atoms with Crippen molar-refractivity contribution in [1.29, 1.82) is 0 Å². The van der Waals surface area contributed by atoms with Gasteiger partial charge in [0.1, 0.15) is 0 Å². The Bertz CT molecular complexity index is 728. The van der Waals surface area contributed by atoms with Crippen molar-refractivity contribution in [1.82, 2.24) is 0 Å². The van der Waals surface area contributed by atoms with Gasteiger partial charge in [-0.05, 0) is 31.2 Å². The zero-order valence-electron chi connectivity index (χ0n) is 11.2. The molecule has 0 aliphatic rings. The maximum atomic E-state index is 12.7. The van der Waals surface area contributed by atoms with E-state index in [1.165, 1.54) is 10.5 Å². The van der Waals surface area contributed by atoms with Crippen LogP contribution in [0.25, 0.3) is 0 Å². The second-order valence-corrected chi connectivity index (χ2v) is 6.10. The van der Waals surface area contributed by atoms with Gasteiger partial charge in [-0.3, -0.25) is 0 Å². The van der Waals surface area contributed by atoms with Crippen molar-refractivity contribution in [2.45, 2.75) is 11.8 Å². The Morgan fingerprint density at radius 3 is 2.20 bits per heavy atom. The van der Waals surface area contributed by atoms with E-state index in [4.69, 9.17) is 0 Å². The van der Waals surface area contributed by atoms with Crippen LogP contribution in [0.15, 0.2) is 78.0 Å². The highest BCUT2D eigenvalue weighted by Gasteiger charge is 2.22. The molecule has 0 fully saturated rings. The third-order valence-corrected chi connectivity index (χ3v) is 4.50. The fourth-order valence-electron chi connectivity index (χ4n) is 1.76. The molecule has 20 heavy (non-hydrogen) atoms. The van der Waals surface area contributed by atoms with E-state index in [1.807, 2.05) is 13.0 Å². The summed E-state index contributed by atoms with van der Waals surface area (Å²) in [5.41, 5.74) is 4.08. The van der Waals surface area contributed by atoms with Crippen LogP contribution in [0.2, 0.25) is 0 Å². The Morgan fingerprint density at radius 1 is 1.05 bits per heavy atom. The first-order chi connectivity index (χ1) is 9.55. The summed E-state index contributed by atoms with van der Waals surface area (Å²) in [4.78, 5) is 0.235. The van der Waals surface area contributed by atoms with Crippen molar-refractivity contribution in [3.05, 3.63) is 78.7 Å².